The van der Waals surface area contributed by atoms with Crippen molar-refractivity contribution in [2.75, 3.05) is 26.4 Å². The molecule has 9 atom stereocenters. The lowest BCUT2D eigenvalue weighted by molar-refractivity contribution is -0.240. The van der Waals surface area contributed by atoms with Crippen LogP contribution in [0.3, 0.4) is 0 Å². The van der Waals surface area contributed by atoms with E-state index in [-0.39, 0.29) is 28.8 Å². The molecule has 7 heteroatoms. The van der Waals surface area contributed by atoms with Gasteiger partial charge in [0.25, 0.3) is 0 Å². The Hall–Kier alpha value is -1.20. The minimum atomic E-state index is -0.722. The monoisotopic (exact) mass is 501 g/mol. The molecule has 6 rings (SSSR count). The van der Waals surface area contributed by atoms with Gasteiger partial charge in [-0.15, -0.1) is 0 Å². The van der Waals surface area contributed by atoms with Crippen LogP contribution in [0, 0.1) is 51.2 Å². The Morgan fingerprint density at radius 3 is 2.47 bits per heavy atom. The van der Waals surface area contributed by atoms with E-state index in [9.17, 15) is 10.1 Å². The molecule has 0 aromatic heterocycles. The maximum absolute atomic E-state index is 11.2. The third kappa shape index (κ3) is 3.33. The van der Waals surface area contributed by atoms with Gasteiger partial charge in [-0.1, -0.05) is 13.8 Å². The first-order chi connectivity index (χ1) is 17.1. The summed E-state index contributed by atoms with van der Waals surface area (Å²) in [6, 6.07) is 2.56. The standard InChI is InChI=1S/C29H43NO6/c1-19(31)32-13-14-35-29-12-11-26(3)22-8-9-25(2)21(5-6-23(25)27(4)33-15-16-34-27)20(22)7-10-28(26,18-29)24(17-30)36-29/h20-24H,5-16,18H2,1-4H3. The molecule has 2 heterocycles. The van der Waals surface area contributed by atoms with Gasteiger partial charge < -0.3 is 23.7 Å². The zero-order valence-electron chi connectivity index (χ0n) is 22.5. The number of nitriles is 1. The van der Waals surface area contributed by atoms with E-state index < -0.39 is 17.7 Å². The summed E-state index contributed by atoms with van der Waals surface area (Å²) < 4.78 is 30.2. The summed E-state index contributed by atoms with van der Waals surface area (Å²) in [5.74, 6) is 0.977. The van der Waals surface area contributed by atoms with Crippen LogP contribution in [0.5, 0.6) is 0 Å². The van der Waals surface area contributed by atoms with E-state index in [4.69, 9.17) is 23.7 Å². The molecule has 0 amide bonds. The maximum Gasteiger partial charge on any atom is 0.302 e. The fourth-order valence-corrected chi connectivity index (χ4v) is 10.6. The summed E-state index contributed by atoms with van der Waals surface area (Å²) >= 11 is 0. The van der Waals surface area contributed by atoms with Crippen LogP contribution < -0.4 is 0 Å². The lowest BCUT2D eigenvalue weighted by Crippen LogP contribution is -2.61. The second-order valence-corrected chi connectivity index (χ2v) is 13.3. The molecular formula is C29H43NO6. The largest absolute Gasteiger partial charge is 0.463 e. The molecule has 7 nitrogen and oxygen atoms in total. The highest BCUT2D eigenvalue weighted by atomic mass is 16.7. The van der Waals surface area contributed by atoms with Crippen molar-refractivity contribution in [1.29, 1.82) is 5.26 Å². The van der Waals surface area contributed by atoms with Crippen LogP contribution in [0.1, 0.15) is 85.5 Å². The van der Waals surface area contributed by atoms with Crippen molar-refractivity contribution in [1.82, 2.24) is 0 Å². The Bertz CT molecular complexity index is 943. The molecular weight excluding hydrogens is 458 g/mol. The number of carbonyl (C=O) groups is 1. The number of hydrogen-bond donors (Lipinski definition) is 0. The molecule has 2 bridgehead atoms. The van der Waals surface area contributed by atoms with Crippen LogP contribution in [0.15, 0.2) is 0 Å². The van der Waals surface area contributed by atoms with Crippen LogP contribution in [-0.2, 0) is 28.5 Å². The molecule has 0 radical (unpaired) electrons. The van der Waals surface area contributed by atoms with Gasteiger partial charge in [0.1, 0.15) is 6.61 Å². The van der Waals surface area contributed by atoms with Crippen LogP contribution in [0.25, 0.3) is 0 Å². The second-order valence-electron chi connectivity index (χ2n) is 13.3. The fourth-order valence-electron chi connectivity index (χ4n) is 10.6. The molecule has 6 aliphatic rings. The van der Waals surface area contributed by atoms with Crippen molar-refractivity contribution in [2.45, 2.75) is 103 Å². The number of hydrogen-bond acceptors (Lipinski definition) is 7. The number of ether oxygens (including phenoxy) is 5. The van der Waals surface area contributed by atoms with Crippen LogP contribution in [0.4, 0.5) is 0 Å². The topological polar surface area (TPSA) is 87.0 Å². The summed E-state index contributed by atoms with van der Waals surface area (Å²) in [7, 11) is 0. The van der Waals surface area contributed by atoms with Gasteiger partial charge in [0, 0.05) is 31.1 Å². The van der Waals surface area contributed by atoms with Crippen LogP contribution in [-0.4, -0.2) is 50.1 Å². The van der Waals surface area contributed by atoms with Gasteiger partial charge in [-0.2, -0.15) is 5.26 Å². The zero-order valence-corrected chi connectivity index (χ0v) is 22.5. The van der Waals surface area contributed by atoms with Crippen molar-refractivity contribution in [3.8, 4) is 6.07 Å². The molecule has 4 aliphatic carbocycles. The van der Waals surface area contributed by atoms with Crippen molar-refractivity contribution in [2.24, 2.45) is 39.9 Å². The molecule has 200 valence electrons. The predicted molar refractivity (Wildman–Crippen MR) is 130 cm³/mol. The summed E-state index contributed by atoms with van der Waals surface area (Å²) in [5.41, 5.74) is 0.150. The molecule has 2 saturated heterocycles. The zero-order chi connectivity index (χ0) is 25.4. The first-order valence-corrected chi connectivity index (χ1v) is 14.2. The normalized spacial score (nSPS) is 50.6. The average Bonchev–Trinajstić information content (AvgIpc) is 3.51. The van der Waals surface area contributed by atoms with Gasteiger partial charge >= 0.3 is 5.97 Å². The Labute approximate surface area is 215 Å². The first kappa shape index (κ1) is 25.1. The van der Waals surface area contributed by atoms with Crippen molar-refractivity contribution >= 4 is 5.97 Å². The van der Waals surface area contributed by atoms with E-state index in [0.29, 0.717) is 43.5 Å². The summed E-state index contributed by atoms with van der Waals surface area (Å²) in [5, 5.41) is 10.3. The Balaban J connectivity index is 1.24. The van der Waals surface area contributed by atoms with E-state index >= 15 is 0 Å². The number of carbonyl (C=O) groups excluding carboxylic acids is 1. The fraction of sp³-hybridized carbons (Fsp3) is 0.931. The molecule has 36 heavy (non-hydrogen) atoms. The van der Waals surface area contributed by atoms with Gasteiger partial charge in [0.15, 0.2) is 17.7 Å². The Morgan fingerprint density at radius 2 is 1.75 bits per heavy atom. The van der Waals surface area contributed by atoms with E-state index in [1.54, 1.807) is 0 Å². The van der Waals surface area contributed by atoms with Gasteiger partial charge in [0.05, 0.1) is 25.9 Å². The summed E-state index contributed by atoms with van der Waals surface area (Å²) in [6.07, 6.45) is 9.22. The van der Waals surface area contributed by atoms with Gasteiger partial charge in [-0.3, -0.25) is 4.79 Å². The lowest BCUT2D eigenvalue weighted by Gasteiger charge is -2.64. The van der Waals surface area contributed by atoms with E-state index in [0.717, 1.165) is 32.1 Å². The SMILES string of the molecule is CC(=O)OCCOC12CCC3(C)C4CCC5(C)C(CCC5C5(C)OCCO5)C4CCC3(C1)C(C#N)O2. The maximum atomic E-state index is 11.2. The molecule has 1 spiro atoms. The highest BCUT2D eigenvalue weighted by Crippen LogP contribution is 2.75. The third-order valence-electron chi connectivity index (χ3n) is 12.1. The van der Waals surface area contributed by atoms with Crippen molar-refractivity contribution in [3.63, 3.8) is 0 Å². The smallest absolute Gasteiger partial charge is 0.302 e. The van der Waals surface area contributed by atoms with E-state index in [1.165, 1.54) is 32.6 Å². The highest BCUT2D eigenvalue weighted by molar-refractivity contribution is 5.65. The molecule has 4 saturated carbocycles. The Morgan fingerprint density at radius 1 is 0.972 bits per heavy atom. The summed E-state index contributed by atoms with van der Waals surface area (Å²) in [6.45, 7) is 10.5. The number of fused-ring (bicyclic) bond motifs is 5. The third-order valence-corrected chi connectivity index (χ3v) is 12.1. The van der Waals surface area contributed by atoms with Gasteiger partial charge in [0.2, 0.25) is 0 Å². The first-order valence-electron chi connectivity index (χ1n) is 14.2. The van der Waals surface area contributed by atoms with Crippen LogP contribution in [0.2, 0.25) is 0 Å². The molecule has 9 unspecified atom stereocenters. The van der Waals surface area contributed by atoms with Gasteiger partial charge in [-0.25, -0.2) is 0 Å². The minimum absolute atomic E-state index is 0.0687. The molecule has 0 N–H and O–H groups in total. The number of esters is 1. The van der Waals surface area contributed by atoms with Crippen molar-refractivity contribution in [3.05, 3.63) is 0 Å². The minimum Gasteiger partial charge on any atom is -0.463 e. The molecule has 6 fully saturated rings. The predicted octanol–water partition coefficient (Wildman–Crippen LogP) is 4.98. The lowest BCUT2D eigenvalue weighted by atomic mass is 9.39. The van der Waals surface area contributed by atoms with E-state index in [1.807, 2.05) is 0 Å². The average molecular weight is 502 g/mol. The number of rotatable bonds is 5. The van der Waals surface area contributed by atoms with Gasteiger partial charge in [-0.05, 0) is 80.5 Å². The number of nitrogens with zero attached hydrogens (tertiary/aromatic N) is 1. The summed E-state index contributed by atoms with van der Waals surface area (Å²) in [4.78, 5) is 11.2. The van der Waals surface area contributed by atoms with Crippen molar-refractivity contribution < 1.29 is 28.5 Å². The molecule has 0 aromatic carbocycles. The Kier molecular flexibility index (Phi) is 5.86. The van der Waals surface area contributed by atoms with E-state index in [2.05, 4.69) is 26.8 Å². The van der Waals surface area contributed by atoms with Crippen LogP contribution >= 0.6 is 0 Å². The highest BCUT2D eigenvalue weighted by Gasteiger charge is 2.73. The molecule has 2 aliphatic heterocycles. The second kappa shape index (κ2) is 8.40. The quantitative estimate of drug-likeness (QED) is 0.388. The molecule has 0 aromatic rings.